The van der Waals surface area contributed by atoms with Crippen LogP contribution in [0.2, 0.25) is 0 Å². The molecule has 0 saturated heterocycles. The zero-order chi connectivity index (χ0) is 28.3. The first-order valence-electron chi connectivity index (χ1n) is 12.9. The molecule has 0 aliphatic carbocycles. The molecule has 0 fully saturated rings. The molecule has 0 amide bonds. The van der Waals surface area contributed by atoms with Gasteiger partial charge in [0.25, 0.3) is 0 Å². The SMILES string of the molecule is CC[N+]1(CC)Cc2c(-c3cc(F)c(F)c(F)c3)ccc3c2-c2c(ccc(-c4cc(F)c(F)c(F)c4)c2C1)OCO3.[Br-]. The summed E-state index contributed by atoms with van der Waals surface area (Å²) in [6, 6.07) is 10.5. The lowest BCUT2D eigenvalue weighted by molar-refractivity contribution is -0.950. The van der Waals surface area contributed by atoms with Crippen LogP contribution in [0, 0.1) is 34.9 Å². The Morgan fingerprint density at radius 1 is 0.610 bits per heavy atom. The molecule has 2 heterocycles. The molecule has 0 saturated carbocycles. The van der Waals surface area contributed by atoms with Gasteiger partial charge in [0.2, 0.25) is 6.79 Å². The summed E-state index contributed by atoms with van der Waals surface area (Å²) in [5, 5.41) is 0. The smallest absolute Gasteiger partial charge is 0.230 e. The fraction of sp³-hybridized carbons (Fsp3) is 0.226. The summed E-state index contributed by atoms with van der Waals surface area (Å²) in [4.78, 5) is 0. The van der Waals surface area contributed by atoms with E-state index in [1.54, 1.807) is 24.3 Å². The predicted octanol–water partition coefficient (Wildman–Crippen LogP) is 5.13. The first-order chi connectivity index (χ1) is 19.2. The van der Waals surface area contributed by atoms with Crippen molar-refractivity contribution in [1.29, 1.82) is 0 Å². The van der Waals surface area contributed by atoms with Gasteiger partial charge in [0, 0.05) is 22.3 Å². The van der Waals surface area contributed by atoms with E-state index >= 15 is 0 Å². The summed E-state index contributed by atoms with van der Waals surface area (Å²) < 4.78 is 97.5. The fourth-order valence-electron chi connectivity index (χ4n) is 5.89. The second-order valence-electron chi connectivity index (χ2n) is 10.1. The van der Waals surface area contributed by atoms with Crippen LogP contribution < -0.4 is 26.5 Å². The standard InChI is InChI=1S/C31H24F6NO2.BrH/c1-3-38(4-2)13-20-18(16-9-22(32)30(36)23(33)10-16)5-7-26-28(20)29-21(14-38)19(6-8-27(29)40-15-39-26)17-11-24(34)31(37)25(35)12-17;/h5-12H,3-4,13-15H2,1-2H3;1H/q+1;/p-1. The summed E-state index contributed by atoms with van der Waals surface area (Å²) in [5.41, 5.74) is 3.98. The van der Waals surface area contributed by atoms with Crippen molar-refractivity contribution >= 4 is 0 Å². The van der Waals surface area contributed by atoms with Gasteiger partial charge in [-0.15, -0.1) is 0 Å². The van der Waals surface area contributed by atoms with Crippen LogP contribution in [0.25, 0.3) is 33.4 Å². The average molecular weight is 636 g/mol. The highest BCUT2D eigenvalue weighted by molar-refractivity contribution is 5.91. The number of rotatable bonds is 4. The van der Waals surface area contributed by atoms with E-state index in [1.807, 2.05) is 13.8 Å². The summed E-state index contributed by atoms with van der Waals surface area (Å²) in [7, 11) is 0. The van der Waals surface area contributed by atoms with Gasteiger partial charge in [-0.2, -0.15) is 0 Å². The van der Waals surface area contributed by atoms with Crippen LogP contribution >= 0.6 is 0 Å². The van der Waals surface area contributed by atoms with Crippen molar-refractivity contribution in [2.75, 3.05) is 19.9 Å². The molecule has 10 heteroatoms. The van der Waals surface area contributed by atoms with Gasteiger partial charge in [0.15, 0.2) is 34.9 Å². The molecular weight excluding hydrogens is 612 g/mol. The Bertz CT molecular complexity index is 1520. The second kappa shape index (κ2) is 10.7. The van der Waals surface area contributed by atoms with Gasteiger partial charge in [-0.25, -0.2) is 26.3 Å². The van der Waals surface area contributed by atoms with Gasteiger partial charge >= 0.3 is 0 Å². The molecule has 4 aromatic rings. The predicted molar refractivity (Wildman–Crippen MR) is 137 cm³/mol. The molecule has 0 atom stereocenters. The van der Waals surface area contributed by atoms with Crippen molar-refractivity contribution in [1.82, 2.24) is 0 Å². The van der Waals surface area contributed by atoms with E-state index in [9.17, 15) is 26.3 Å². The number of quaternary nitrogens is 1. The highest BCUT2D eigenvalue weighted by atomic mass is 79.9. The molecule has 2 aliphatic rings. The Balaban J connectivity index is 0.00000337. The first-order valence-corrected chi connectivity index (χ1v) is 12.9. The summed E-state index contributed by atoms with van der Waals surface area (Å²) in [6.07, 6.45) is 0. The van der Waals surface area contributed by atoms with Gasteiger partial charge in [-0.1, -0.05) is 12.1 Å². The minimum absolute atomic E-state index is 0. The number of hydrogen-bond acceptors (Lipinski definition) is 2. The molecular formula is C31H24BrF6NO2. The minimum Gasteiger partial charge on any atom is -1.00 e. The van der Waals surface area contributed by atoms with Gasteiger partial charge < -0.3 is 30.9 Å². The first kappa shape index (κ1) is 29.0. The van der Waals surface area contributed by atoms with Crippen LogP contribution in [0.1, 0.15) is 25.0 Å². The molecule has 0 unspecified atom stereocenters. The zero-order valence-corrected chi connectivity index (χ0v) is 23.6. The van der Waals surface area contributed by atoms with Crippen LogP contribution in [-0.2, 0) is 13.1 Å². The number of benzene rings is 4. The molecule has 0 aromatic heterocycles. The summed E-state index contributed by atoms with van der Waals surface area (Å²) in [6.45, 7) is 6.01. The maximum atomic E-state index is 14.4. The maximum Gasteiger partial charge on any atom is 0.230 e. The molecule has 41 heavy (non-hydrogen) atoms. The number of halogens is 7. The van der Waals surface area contributed by atoms with Gasteiger partial charge in [0.1, 0.15) is 24.6 Å². The molecule has 0 N–H and O–H groups in total. The van der Waals surface area contributed by atoms with Crippen molar-refractivity contribution in [2.24, 2.45) is 0 Å². The molecule has 4 aromatic carbocycles. The third-order valence-corrected chi connectivity index (χ3v) is 8.15. The Labute approximate surface area is 243 Å². The highest BCUT2D eigenvalue weighted by Gasteiger charge is 2.38. The average Bonchev–Trinajstić information content (AvgIpc) is 3.23. The highest BCUT2D eigenvalue weighted by Crippen LogP contribution is 2.52. The zero-order valence-electron chi connectivity index (χ0n) is 22.1. The van der Waals surface area contributed by atoms with E-state index in [-0.39, 0.29) is 34.9 Å². The van der Waals surface area contributed by atoms with Crippen molar-refractivity contribution in [3.8, 4) is 44.9 Å². The van der Waals surface area contributed by atoms with Crippen LogP contribution in [0.4, 0.5) is 26.3 Å². The van der Waals surface area contributed by atoms with Crippen LogP contribution in [-0.4, -0.2) is 24.4 Å². The fourth-order valence-corrected chi connectivity index (χ4v) is 5.89. The van der Waals surface area contributed by atoms with Gasteiger partial charge in [0.05, 0.1) is 13.1 Å². The van der Waals surface area contributed by atoms with Crippen molar-refractivity contribution < 1.29 is 57.3 Å². The summed E-state index contributed by atoms with van der Waals surface area (Å²) in [5.74, 6) is -7.40. The molecule has 0 spiro atoms. The largest absolute Gasteiger partial charge is 1.00 e. The van der Waals surface area contributed by atoms with Crippen LogP contribution in [0.5, 0.6) is 11.5 Å². The Morgan fingerprint density at radius 2 is 0.976 bits per heavy atom. The lowest BCUT2D eigenvalue weighted by Gasteiger charge is -2.37. The number of ether oxygens (including phenoxy) is 2. The molecule has 214 valence electrons. The minimum atomic E-state index is -1.55. The quantitative estimate of drug-likeness (QED) is 0.176. The Morgan fingerprint density at radius 3 is 1.32 bits per heavy atom. The normalized spacial score (nSPS) is 14.6. The van der Waals surface area contributed by atoms with E-state index in [0.717, 1.165) is 24.3 Å². The number of hydrogen-bond donors (Lipinski definition) is 0. The second-order valence-corrected chi connectivity index (χ2v) is 10.1. The third kappa shape index (κ3) is 4.67. The van der Waals surface area contributed by atoms with Gasteiger partial charge in [-0.3, -0.25) is 0 Å². The van der Waals surface area contributed by atoms with E-state index < -0.39 is 34.9 Å². The maximum absolute atomic E-state index is 14.4. The Hall–Kier alpha value is -3.50. The molecule has 0 bridgehead atoms. The van der Waals surface area contributed by atoms with Crippen LogP contribution in [0.15, 0.2) is 48.5 Å². The topological polar surface area (TPSA) is 18.5 Å². The van der Waals surface area contributed by atoms with Crippen molar-refractivity contribution in [2.45, 2.75) is 26.9 Å². The molecule has 2 aliphatic heterocycles. The Kier molecular flexibility index (Phi) is 7.59. The van der Waals surface area contributed by atoms with Gasteiger partial charge in [-0.05, 0) is 72.5 Å². The molecule has 3 nitrogen and oxygen atoms in total. The van der Waals surface area contributed by atoms with E-state index in [4.69, 9.17) is 9.47 Å². The number of nitrogens with zero attached hydrogens (tertiary/aromatic N) is 1. The third-order valence-electron chi connectivity index (χ3n) is 8.15. The van der Waals surface area contributed by atoms with Crippen LogP contribution in [0.3, 0.4) is 0 Å². The summed E-state index contributed by atoms with van der Waals surface area (Å²) >= 11 is 0. The van der Waals surface area contributed by atoms with E-state index in [2.05, 4.69) is 0 Å². The monoisotopic (exact) mass is 635 g/mol. The van der Waals surface area contributed by atoms with E-state index in [0.29, 0.717) is 75.5 Å². The lowest BCUT2D eigenvalue weighted by Crippen LogP contribution is -3.00. The van der Waals surface area contributed by atoms with Crippen molar-refractivity contribution in [3.63, 3.8) is 0 Å². The molecule has 0 radical (unpaired) electrons. The lowest BCUT2D eigenvalue weighted by atomic mass is 9.86. The van der Waals surface area contributed by atoms with Crippen molar-refractivity contribution in [3.05, 3.63) is 94.6 Å². The van der Waals surface area contributed by atoms with E-state index in [1.165, 1.54) is 0 Å². The molecule has 6 rings (SSSR count).